The molecule has 0 bridgehead atoms. The van der Waals surface area contributed by atoms with Gasteiger partial charge in [-0.2, -0.15) is 0 Å². The van der Waals surface area contributed by atoms with Gasteiger partial charge in [0.15, 0.2) is 0 Å². The van der Waals surface area contributed by atoms with Gasteiger partial charge in [0.25, 0.3) is 0 Å². The summed E-state index contributed by atoms with van der Waals surface area (Å²) in [5.41, 5.74) is 3.44. The van der Waals surface area contributed by atoms with Crippen molar-refractivity contribution in [2.45, 2.75) is 26.3 Å². The highest BCUT2D eigenvalue weighted by molar-refractivity contribution is 9.10. The van der Waals surface area contributed by atoms with Gasteiger partial charge in [-0.25, -0.2) is 0 Å². The molecule has 0 amide bonds. The molecule has 0 spiro atoms. The van der Waals surface area contributed by atoms with E-state index in [0.29, 0.717) is 10.0 Å². The molecule has 0 heterocycles. The Kier molecular flexibility index (Phi) is 6.12. The normalized spacial score (nSPS) is 12.4. The maximum absolute atomic E-state index is 6.31. The Labute approximate surface area is 144 Å². The van der Waals surface area contributed by atoms with Gasteiger partial charge in [-0.15, -0.1) is 0 Å². The van der Waals surface area contributed by atoms with Crippen LogP contribution in [0.15, 0.2) is 40.9 Å². The molecule has 0 aromatic heterocycles. The third-order valence-corrected chi connectivity index (χ3v) is 5.31. The van der Waals surface area contributed by atoms with Gasteiger partial charge in [0.05, 0.1) is 0 Å². The largest absolute Gasteiger partial charge is 0.310 e. The number of hydrogen-bond donors (Lipinski definition) is 1. The third-order valence-electron chi connectivity index (χ3n) is 3.52. The van der Waals surface area contributed by atoms with Gasteiger partial charge >= 0.3 is 0 Å². The Balaban J connectivity index is 2.38. The Morgan fingerprint density at radius 2 is 1.71 bits per heavy atom. The zero-order valence-electron chi connectivity index (χ0n) is 12.1. The molecule has 1 unspecified atom stereocenters. The predicted octanol–water partition coefficient (Wildman–Crippen LogP) is 5.96. The van der Waals surface area contributed by atoms with Crippen molar-refractivity contribution in [1.29, 1.82) is 0 Å². The van der Waals surface area contributed by atoms with Crippen LogP contribution < -0.4 is 5.32 Å². The lowest BCUT2D eigenvalue weighted by atomic mass is 9.97. The fourth-order valence-electron chi connectivity index (χ4n) is 2.41. The minimum Gasteiger partial charge on any atom is -0.310 e. The van der Waals surface area contributed by atoms with E-state index >= 15 is 0 Å². The van der Waals surface area contributed by atoms with Crippen LogP contribution in [0.2, 0.25) is 10.0 Å². The number of aryl methyl sites for hydroxylation is 1. The molecule has 1 atom stereocenters. The fraction of sp³-hybridized carbons (Fsp3) is 0.294. The van der Waals surface area contributed by atoms with Crippen LogP contribution in [0.4, 0.5) is 0 Å². The van der Waals surface area contributed by atoms with Crippen molar-refractivity contribution in [2.75, 3.05) is 6.54 Å². The molecule has 0 saturated heterocycles. The minimum atomic E-state index is 0.168. The standard InChI is InChI=1S/C17H18BrCl2N/c1-3-21-16(12-7-4-6-11(2)17(12)18)10-13-14(19)8-5-9-15(13)20/h4-9,16,21H,3,10H2,1-2H3. The van der Waals surface area contributed by atoms with Crippen molar-refractivity contribution < 1.29 is 0 Å². The van der Waals surface area contributed by atoms with Crippen LogP contribution in [-0.2, 0) is 6.42 Å². The lowest BCUT2D eigenvalue weighted by molar-refractivity contribution is 0.547. The average Bonchev–Trinajstić information content (AvgIpc) is 2.45. The first-order valence-corrected chi connectivity index (χ1v) is 8.50. The molecule has 2 aromatic rings. The summed E-state index contributed by atoms with van der Waals surface area (Å²) in [6, 6.07) is 12.1. The maximum atomic E-state index is 6.31. The summed E-state index contributed by atoms with van der Waals surface area (Å²) in [7, 11) is 0. The van der Waals surface area contributed by atoms with Crippen LogP contribution in [0.1, 0.15) is 29.7 Å². The molecule has 0 aliphatic carbocycles. The van der Waals surface area contributed by atoms with Crippen LogP contribution in [0.5, 0.6) is 0 Å². The number of rotatable bonds is 5. The molecule has 0 fully saturated rings. The zero-order valence-corrected chi connectivity index (χ0v) is 15.2. The number of benzene rings is 2. The van der Waals surface area contributed by atoms with Crippen LogP contribution in [-0.4, -0.2) is 6.54 Å². The van der Waals surface area contributed by atoms with Gasteiger partial charge < -0.3 is 5.32 Å². The lowest BCUT2D eigenvalue weighted by Crippen LogP contribution is -2.23. The van der Waals surface area contributed by atoms with Gasteiger partial charge in [-0.3, -0.25) is 0 Å². The van der Waals surface area contributed by atoms with Crippen LogP contribution in [0.25, 0.3) is 0 Å². The Hall–Kier alpha value is -0.540. The van der Waals surface area contributed by atoms with Gasteiger partial charge in [0.2, 0.25) is 0 Å². The molecule has 21 heavy (non-hydrogen) atoms. The van der Waals surface area contributed by atoms with E-state index in [0.717, 1.165) is 23.0 Å². The Bertz CT molecular complexity index is 608. The number of nitrogens with one attached hydrogen (secondary N) is 1. The summed E-state index contributed by atoms with van der Waals surface area (Å²) in [6.45, 7) is 5.08. The summed E-state index contributed by atoms with van der Waals surface area (Å²) >= 11 is 16.3. The van der Waals surface area contributed by atoms with E-state index in [1.54, 1.807) is 0 Å². The van der Waals surface area contributed by atoms with Gasteiger partial charge in [0.1, 0.15) is 0 Å². The first kappa shape index (κ1) is 16.8. The molecule has 0 saturated carbocycles. The number of likely N-dealkylation sites (N-methyl/N-ethyl adjacent to an activating group) is 1. The number of halogens is 3. The monoisotopic (exact) mass is 385 g/mol. The van der Waals surface area contributed by atoms with E-state index in [-0.39, 0.29) is 6.04 Å². The second kappa shape index (κ2) is 7.64. The molecule has 0 radical (unpaired) electrons. The summed E-state index contributed by atoms with van der Waals surface area (Å²) in [5.74, 6) is 0. The molecule has 0 aliphatic heterocycles. The summed E-state index contributed by atoms with van der Waals surface area (Å²) < 4.78 is 1.14. The molecule has 2 aromatic carbocycles. The molecular weight excluding hydrogens is 369 g/mol. The molecule has 1 nitrogen and oxygen atoms in total. The maximum Gasteiger partial charge on any atom is 0.0453 e. The van der Waals surface area contributed by atoms with Gasteiger partial charge in [-0.1, -0.05) is 70.3 Å². The molecule has 1 N–H and O–H groups in total. The van der Waals surface area contributed by atoms with Crippen molar-refractivity contribution in [3.05, 3.63) is 67.6 Å². The zero-order chi connectivity index (χ0) is 15.4. The number of hydrogen-bond acceptors (Lipinski definition) is 1. The summed E-state index contributed by atoms with van der Waals surface area (Å²) in [6.07, 6.45) is 0.758. The fourth-order valence-corrected chi connectivity index (χ4v) is 3.50. The summed E-state index contributed by atoms with van der Waals surface area (Å²) in [5, 5.41) is 4.96. The van der Waals surface area contributed by atoms with Crippen molar-refractivity contribution in [1.82, 2.24) is 5.32 Å². The van der Waals surface area contributed by atoms with Crippen LogP contribution >= 0.6 is 39.1 Å². The van der Waals surface area contributed by atoms with Crippen molar-refractivity contribution >= 4 is 39.1 Å². The highest BCUT2D eigenvalue weighted by Crippen LogP contribution is 2.33. The van der Waals surface area contributed by atoms with Crippen molar-refractivity contribution in [3.8, 4) is 0 Å². The van der Waals surface area contributed by atoms with Crippen molar-refractivity contribution in [2.24, 2.45) is 0 Å². The van der Waals surface area contributed by atoms with E-state index in [9.17, 15) is 0 Å². The van der Waals surface area contributed by atoms with Crippen LogP contribution in [0, 0.1) is 6.92 Å². The highest BCUT2D eigenvalue weighted by Gasteiger charge is 2.18. The first-order chi connectivity index (χ1) is 10.0. The highest BCUT2D eigenvalue weighted by atomic mass is 79.9. The second-order valence-electron chi connectivity index (χ2n) is 4.99. The lowest BCUT2D eigenvalue weighted by Gasteiger charge is -2.22. The molecule has 0 aliphatic rings. The minimum absolute atomic E-state index is 0.168. The van der Waals surface area contributed by atoms with E-state index in [1.807, 2.05) is 18.2 Å². The van der Waals surface area contributed by atoms with Crippen LogP contribution in [0.3, 0.4) is 0 Å². The third kappa shape index (κ3) is 4.01. The Morgan fingerprint density at radius 3 is 2.33 bits per heavy atom. The summed E-state index contributed by atoms with van der Waals surface area (Å²) in [4.78, 5) is 0. The van der Waals surface area contributed by atoms with Gasteiger partial charge in [0, 0.05) is 20.6 Å². The topological polar surface area (TPSA) is 12.0 Å². The average molecular weight is 387 g/mol. The molecule has 4 heteroatoms. The predicted molar refractivity (Wildman–Crippen MR) is 95.5 cm³/mol. The Morgan fingerprint density at radius 1 is 1.10 bits per heavy atom. The van der Waals surface area contributed by atoms with Gasteiger partial charge in [-0.05, 0) is 48.7 Å². The molecule has 2 rings (SSSR count). The second-order valence-corrected chi connectivity index (χ2v) is 6.60. The van der Waals surface area contributed by atoms with E-state index in [2.05, 4.69) is 53.3 Å². The van der Waals surface area contributed by atoms with E-state index in [4.69, 9.17) is 23.2 Å². The SMILES string of the molecule is CCNC(Cc1c(Cl)cccc1Cl)c1cccc(C)c1Br. The first-order valence-electron chi connectivity index (χ1n) is 6.95. The van der Waals surface area contributed by atoms with E-state index < -0.39 is 0 Å². The molecule has 112 valence electrons. The van der Waals surface area contributed by atoms with Crippen molar-refractivity contribution in [3.63, 3.8) is 0 Å². The quantitative estimate of drug-likeness (QED) is 0.668. The van der Waals surface area contributed by atoms with E-state index in [1.165, 1.54) is 11.1 Å². The smallest absolute Gasteiger partial charge is 0.0453 e. The molecular formula is C17H18BrCl2N.